The summed E-state index contributed by atoms with van der Waals surface area (Å²) in [6.07, 6.45) is 4.51. The van der Waals surface area contributed by atoms with Crippen LogP contribution in [-0.2, 0) is 46.8 Å². The van der Waals surface area contributed by atoms with Gasteiger partial charge in [0, 0.05) is 56.8 Å². The van der Waals surface area contributed by atoms with Crippen LogP contribution in [-0.4, -0.2) is 118 Å². The minimum absolute atomic E-state index is 0.00612. The van der Waals surface area contributed by atoms with Gasteiger partial charge in [-0.3, -0.25) is 38.2 Å². The number of anilines is 1. The van der Waals surface area contributed by atoms with Crippen molar-refractivity contribution < 1.29 is 42.1 Å². The van der Waals surface area contributed by atoms with Crippen LogP contribution >= 0.6 is 0 Å². The molecular weight excluding hydrogens is 811 g/mol. The van der Waals surface area contributed by atoms with E-state index in [1.165, 1.54) is 26.0 Å². The summed E-state index contributed by atoms with van der Waals surface area (Å²) in [6.45, 7) is 5.80. The molecule has 3 atom stereocenters. The van der Waals surface area contributed by atoms with Crippen molar-refractivity contribution in [1.82, 2.24) is 33.9 Å². The van der Waals surface area contributed by atoms with Crippen molar-refractivity contribution in [3.63, 3.8) is 0 Å². The molecule has 1 saturated carbocycles. The molecule has 0 radical (unpaired) electrons. The second-order valence-corrected chi connectivity index (χ2v) is 16.3. The van der Waals surface area contributed by atoms with Gasteiger partial charge in [0.1, 0.15) is 18.3 Å². The van der Waals surface area contributed by atoms with Gasteiger partial charge in [0.25, 0.3) is 12.0 Å². The maximum atomic E-state index is 13.8. The number of pyridine rings is 1. The van der Waals surface area contributed by atoms with E-state index in [-0.39, 0.29) is 55.1 Å². The van der Waals surface area contributed by atoms with E-state index < -0.39 is 29.5 Å². The van der Waals surface area contributed by atoms with Crippen LogP contribution in [0.25, 0.3) is 22.1 Å². The van der Waals surface area contributed by atoms with E-state index in [4.69, 9.17) is 18.9 Å². The van der Waals surface area contributed by atoms with Crippen LogP contribution in [0.3, 0.4) is 0 Å². The molecule has 336 valence electrons. The van der Waals surface area contributed by atoms with Gasteiger partial charge in [-0.15, -0.1) is 0 Å². The van der Waals surface area contributed by atoms with Crippen molar-refractivity contribution >= 4 is 45.7 Å². The van der Waals surface area contributed by atoms with Crippen molar-refractivity contribution in [3.8, 4) is 0 Å². The number of nitrogens with one attached hydrogen (secondary N) is 2. The summed E-state index contributed by atoms with van der Waals surface area (Å²) in [5.41, 5.74) is 1.28. The molecule has 4 aromatic rings. The molecule has 0 bridgehead atoms. The molecule has 2 saturated heterocycles. The summed E-state index contributed by atoms with van der Waals surface area (Å²) < 4.78 is 54.4. The lowest BCUT2D eigenvalue weighted by Crippen LogP contribution is -2.44. The van der Waals surface area contributed by atoms with Crippen LogP contribution in [0.2, 0.25) is 0 Å². The Morgan fingerprint density at radius 1 is 0.887 bits per heavy atom. The van der Waals surface area contributed by atoms with E-state index >= 15 is 0 Å². The number of carbonyl (C=O) groups excluding carboxylic acids is 3. The van der Waals surface area contributed by atoms with Crippen molar-refractivity contribution in [1.29, 1.82) is 0 Å². The Bertz CT molecular complexity index is 2340. The highest BCUT2D eigenvalue weighted by Crippen LogP contribution is 2.36. The second-order valence-electron chi connectivity index (χ2n) is 16.3. The molecule has 7 rings (SSSR count). The monoisotopic (exact) mass is 866 g/mol. The Balaban J connectivity index is 0.722. The number of likely N-dealkylation sites (tertiary alicyclic amines) is 1. The van der Waals surface area contributed by atoms with Crippen molar-refractivity contribution in [2.75, 3.05) is 71.3 Å². The number of hydrogen-bond donors (Lipinski definition) is 2. The van der Waals surface area contributed by atoms with Crippen LogP contribution in [0.15, 0.2) is 40.1 Å². The van der Waals surface area contributed by atoms with E-state index in [1.807, 2.05) is 25.1 Å². The number of imidazole rings is 1. The molecule has 5 heterocycles. The van der Waals surface area contributed by atoms with E-state index in [0.717, 1.165) is 43.2 Å². The van der Waals surface area contributed by atoms with Gasteiger partial charge in [-0.1, -0.05) is 19.4 Å². The molecule has 1 aromatic carbocycles. The zero-order valence-electron chi connectivity index (χ0n) is 35.3. The molecular formula is C43H56F2N8O9. The van der Waals surface area contributed by atoms with Gasteiger partial charge in [0.05, 0.1) is 56.2 Å². The average Bonchev–Trinajstić information content (AvgIpc) is 3.79. The molecule has 0 spiro atoms. The zero-order valence-corrected chi connectivity index (χ0v) is 35.3. The largest absolute Gasteiger partial charge is 0.379 e. The van der Waals surface area contributed by atoms with E-state index in [1.54, 1.807) is 11.9 Å². The Morgan fingerprint density at radius 3 is 2.27 bits per heavy atom. The molecule has 3 fully saturated rings. The fourth-order valence-corrected chi connectivity index (χ4v) is 8.72. The third-order valence-electron chi connectivity index (χ3n) is 12.1. The molecule has 3 amide bonds. The maximum absolute atomic E-state index is 13.8. The molecule has 62 heavy (non-hydrogen) atoms. The van der Waals surface area contributed by atoms with Gasteiger partial charge in [-0.25, -0.2) is 18.6 Å². The van der Waals surface area contributed by atoms with E-state index in [9.17, 15) is 32.8 Å². The summed E-state index contributed by atoms with van der Waals surface area (Å²) >= 11 is 0. The number of imide groups is 1. The Hall–Kier alpha value is -5.11. The SMILES string of the molecule is C[C@H]1CCC[C@H]1n1c(=O)c(C(F)F)cc2cnc(NC3CCN(C(=O)COCCOCCOCCOCCCc4ccc5c(c4)n(C)c(=O)n5C4CCC(=O)NC4=O)CC3)nc21. The first-order valence-electron chi connectivity index (χ1n) is 21.6. The number of fused-ring (bicyclic) bond motifs is 2. The van der Waals surface area contributed by atoms with Gasteiger partial charge in [-0.2, -0.15) is 4.98 Å². The summed E-state index contributed by atoms with van der Waals surface area (Å²) in [6, 6.07) is 6.04. The topological polar surface area (TPSA) is 190 Å². The first-order chi connectivity index (χ1) is 30.0. The number of aromatic nitrogens is 5. The number of amides is 3. The quantitative estimate of drug-likeness (QED) is 0.0967. The van der Waals surface area contributed by atoms with Gasteiger partial charge in [0.2, 0.25) is 23.7 Å². The highest BCUT2D eigenvalue weighted by atomic mass is 19.3. The third kappa shape index (κ3) is 10.6. The molecule has 3 aliphatic rings. The molecule has 2 N–H and O–H groups in total. The predicted octanol–water partition coefficient (Wildman–Crippen LogP) is 3.82. The third-order valence-corrected chi connectivity index (χ3v) is 12.1. The number of benzene rings is 1. The summed E-state index contributed by atoms with van der Waals surface area (Å²) in [7, 11) is 1.68. The van der Waals surface area contributed by atoms with Crippen LogP contribution in [0, 0.1) is 5.92 Å². The average molecular weight is 867 g/mol. The van der Waals surface area contributed by atoms with Crippen LogP contribution in [0.5, 0.6) is 0 Å². The number of hydrogen-bond acceptors (Lipinski definition) is 12. The van der Waals surface area contributed by atoms with Gasteiger partial charge >= 0.3 is 5.69 Å². The Labute approximate surface area is 357 Å². The number of ether oxygens (including phenoxy) is 4. The standard InChI is InChI=1S/C43H56F2N8O9/c1-27-5-3-7-32(27)53-39-29(24-31(38(44)45)41(53)57)25-46-42(49-39)47-30-12-14-51(15-13-30)37(55)26-62-22-21-61-20-19-60-18-17-59-16-4-6-28-8-9-33-35(23-28)50(2)43(58)52(33)34-10-11-36(54)48-40(34)56/h8-9,23-25,27,30,32,34,38H,3-7,10-22,26H2,1-2H3,(H,46,47,49)(H,48,54,56)/t27-,32+,34?/m0/s1. The van der Waals surface area contributed by atoms with Crippen molar-refractivity contribution in [2.45, 2.75) is 89.3 Å². The van der Waals surface area contributed by atoms with Crippen LogP contribution < -0.4 is 21.9 Å². The lowest BCUT2D eigenvalue weighted by molar-refractivity contribution is -0.138. The smallest absolute Gasteiger partial charge is 0.329 e. The minimum atomic E-state index is -2.89. The van der Waals surface area contributed by atoms with Gasteiger partial charge in [-0.05, 0) is 74.6 Å². The summed E-state index contributed by atoms with van der Waals surface area (Å²) in [5, 5.41) is 6.06. The molecule has 1 aliphatic carbocycles. The van der Waals surface area contributed by atoms with E-state index in [2.05, 4.69) is 20.6 Å². The van der Waals surface area contributed by atoms with Gasteiger partial charge in [0.15, 0.2) is 0 Å². The van der Waals surface area contributed by atoms with Crippen LogP contribution in [0.4, 0.5) is 14.7 Å². The number of alkyl halides is 2. The van der Waals surface area contributed by atoms with Crippen molar-refractivity contribution in [2.24, 2.45) is 13.0 Å². The highest BCUT2D eigenvalue weighted by molar-refractivity contribution is 6.00. The number of carbonyl (C=O) groups is 3. The van der Waals surface area contributed by atoms with Crippen LogP contribution in [0.1, 0.15) is 87.9 Å². The lowest BCUT2D eigenvalue weighted by Gasteiger charge is -2.32. The molecule has 17 nitrogen and oxygen atoms in total. The lowest BCUT2D eigenvalue weighted by atomic mass is 10.0. The first-order valence-corrected chi connectivity index (χ1v) is 21.6. The van der Waals surface area contributed by atoms with Gasteiger partial charge < -0.3 is 29.2 Å². The number of piperidine rings is 2. The molecule has 19 heteroatoms. The van der Waals surface area contributed by atoms with E-state index in [0.29, 0.717) is 94.5 Å². The predicted molar refractivity (Wildman–Crippen MR) is 224 cm³/mol. The maximum Gasteiger partial charge on any atom is 0.329 e. The van der Waals surface area contributed by atoms with Crippen molar-refractivity contribution in [3.05, 3.63) is 62.4 Å². The first kappa shape index (κ1) is 44.9. The Morgan fingerprint density at radius 2 is 1.60 bits per heavy atom. The number of halogens is 2. The fourth-order valence-electron chi connectivity index (χ4n) is 8.72. The summed E-state index contributed by atoms with van der Waals surface area (Å²) in [5.74, 6) is -0.384. The Kier molecular flexibility index (Phi) is 15.1. The molecule has 1 unspecified atom stereocenters. The molecule has 3 aromatic heterocycles. The fraction of sp³-hybridized carbons (Fsp3) is 0.605. The number of nitrogens with zero attached hydrogens (tertiary/aromatic N) is 6. The normalized spacial score (nSPS) is 19.9. The second kappa shape index (κ2) is 20.8. The highest BCUT2D eigenvalue weighted by Gasteiger charge is 2.32. The number of aryl methyl sites for hydroxylation is 2. The minimum Gasteiger partial charge on any atom is -0.379 e. The number of rotatable bonds is 20. The summed E-state index contributed by atoms with van der Waals surface area (Å²) in [4.78, 5) is 73.8. The molecule has 2 aliphatic heterocycles. The zero-order chi connectivity index (χ0) is 43.8.